The lowest BCUT2D eigenvalue weighted by Crippen LogP contribution is -2.68. The third-order valence-electron chi connectivity index (χ3n) is 25.0. The molecule has 1 spiro atoms. The van der Waals surface area contributed by atoms with Gasteiger partial charge in [0.05, 0.1) is 47.2 Å². The van der Waals surface area contributed by atoms with E-state index in [1.807, 2.05) is 26.1 Å². The average Bonchev–Trinajstić information content (AvgIpc) is 1.36. The average molecular weight is 1250 g/mol. The number of aromatic amines is 1. The second-order valence-electron chi connectivity index (χ2n) is 29.2. The zero-order valence-corrected chi connectivity index (χ0v) is 52.9. The fraction of sp³-hybridized carbons (Fsp3) is 0.706. The van der Waals surface area contributed by atoms with Crippen molar-refractivity contribution in [1.29, 1.82) is 0 Å². The van der Waals surface area contributed by atoms with Crippen LogP contribution in [0, 0.1) is 93.2 Å². The minimum Gasteiger partial charge on any atom is -0.508 e. The number of aliphatic hydroxyl groups excluding tert-OH is 4. The Labute approximate surface area is 524 Å². The maximum atomic E-state index is 16.4. The van der Waals surface area contributed by atoms with Gasteiger partial charge in [-0.25, -0.2) is 0 Å². The van der Waals surface area contributed by atoms with E-state index in [1.54, 1.807) is 37.4 Å². The number of aromatic nitrogens is 1. The Balaban J connectivity index is 1.08. The molecule has 2 aromatic rings. The Morgan fingerprint density at radius 1 is 0.943 bits per heavy atom. The number of nitrogens with one attached hydrogen (secondary N) is 2. The molecule has 5 saturated carbocycles. The molecule has 23 atom stereocenters. The fourth-order valence-corrected chi connectivity index (χ4v) is 23.9. The van der Waals surface area contributed by atoms with Crippen LogP contribution in [-0.2, 0) is 19.1 Å². The summed E-state index contributed by atoms with van der Waals surface area (Å²) >= 11 is 0. The highest BCUT2D eigenvalue weighted by Gasteiger charge is 2.76. The van der Waals surface area contributed by atoms with Crippen LogP contribution in [0.5, 0.6) is 5.75 Å². The summed E-state index contributed by atoms with van der Waals surface area (Å²) in [4.78, 5) is 53.5. The highest BCUT2D eigenvalue weighted by Crippen LogP contribution is 2.75. The fourth-order valence-electron chi connectivity index (χ4n) is 21.1. The van der Waals surface area contributed by atoms with Crippen molar-refractivity contribution in [1.82, 2.24) is 10.3 Å². The molecule has 88 heavy (non-hydrogen) atoms. The molecule has 1 aromatic heterocycles. The molecular formula is C68H93N5O13S2. The number of Topliss-reactive ketones (excluding diaryl/α,β-unsaturated/α-hetero) is 2. The van der Waals surface area contributed by atoms with Crippen LogP contribution in [0.25, 0.3) is 0 Å². The van der Waals surface area contributed by atoms with Gasteiger partial charge in [-0.3, -0.25) is 19.4 Å². The smallest absolute Gasteiger partial charge is 0.314 e. The van der Waals surface area contributed by atoms with E-state index >= 15 is 9.90 Å². The van der Waals surface area contributed by atoms with E-state index in [-0.39, 0.29) is 105 Å². The number of cyclic esters (lactones) is 1. The third kappa shape index (κ3) is 10.2. The summed E-state index contributed by atoms with van der Waals surface area (Å²) in [5, 5.41) is 117. The van der Waals surface area contributed by atoms with Crippen molar-refractivity contribution in [2.24, 2.45) is 97.8 Å². The predicted octanol–water partition coefficient (Wildman–Crippen LogP) is 5.85. The molecule has 3 heterocycles. The zero-order valence-electron chi connectivity index (χ0n) is 51.2. The van der Waals surface area contributed by atoms with Crippen molar-refractivity contribution in [3.8, 4) is 17.6 Å². The van der Waals surface area contributed by atoms with Crippen molar-refractivity contribution in [3.05, 3.63) is 76.8 Å². The number of fused-ring (bicyclic) bond motifs is 10. The lowest BCUT2D eigenvalue weighted by atomic mass is 9.42. The van der Waals surface area contributed by atoms with E-state index in [4.69, 9.17) is 16.2 Å². The maximum absolute atomic E-state index is 16.4. The number of hydrogen-bond donors (Lipinski definition) is 13. The molecule has 10 aliphatic rings. The molecule has 0 radical (unpaired) electrons. The van der Waals surface area contributed by atoms with Gasteiger partial charge in [0.25, 0.3) is 0 Å². The molecule has 8 aliphatic carbocycles. The topological polar surface area (TPSA) is 335 Å². The molecule has 7 fully saturated rings. The molecule has 2 saturated heterocycles. The Kier molecular flexibility index (Phi) is 17.3. The van der Waals surface area contributed by atoms with Crippen molar-refractivity contribution in [2.45, 2.75) is 190 Å². The Hall–Kier alpha value is -4.40. The number of carbonyl (C=O) groups is 3. The van der Waals surface area contributed by atoms with Crippen LogP contribution in [0.1, 0.15) is 153 Å². The van der Waals surface area contributed by atoms with Crippen molar-refractivity contribution >= 4 is 45.1 Å². The minimum atomic E-state index is -2.14. The monoisotopic (exact) mass is 1250 g/mol. The summed E-state index contributed by atoms with van der Waals surface area (Å²) in [5.41, 5.74) is 5.79. The molecule has 18 nitrogen and oxygen atoms in total. The number of esters is 1. The molecule has 0 unspecified atom stereocenters. The first-order valence-electron chi connectivity index (χ1n) is 32.5. The number of carbonyl (C=O) groups excluding carboxylic acids is 3. The summed E-state index contributed by atoms with van der Waals surface area (Å²) in [6.07, 6.45) is 5.78. The first kappa shape index (κ1) is 63.7. The quantitative estimate of drug-likeness (QED) is 0.0266. The number of ketones is 2. The van der Waals surface area contributed by atoms with Gasteiger partial charge in [0.15, 0.2) is 23.8 Å². The zero-order chi connectivity index (χ0) is 62.6. The van der Waals surface area contributed by atoms with Gasteiger partial charge in [-0.15, -0.1) is 5.92 Å². The van der Waals surface area contributed by atoms with Crippen molar-refractivity contribution < 1.29 is 65.1 Å². The first-order valence-corrected chi connectivity index (χ1v) is 35.0. The molecule has 1 aromatic carbocycles. The number of phenols is 1. The molecule has 480 valence electrons. The van der Waals surface area contributed by atoms with Gasteiger partial charge < -0.3 is 72.5 Å². The summed E-state index contributed by atoms with van der Waals surface area (Å²) in [5.74, 6) is -0.361. The summed E-state index contributed by atoms with van der Waals surface area (Å²) in [6, 6.07) is 7.18. The van der Waals surface area contributed by atoms with Gasteiger partial charge >= 0.3 is 5.97 Å². The highest BCUT2D eigenvalue weighted by molar-refractivity contribution is 8.76. The Bertz CT molecular complexity index is 3140. The number of aromatic hydroxyl groups is 1. The number of benzene rings is 1. The van der Waals surface area contributed by atoms with E-state index in [2.05, 4.69) is 40.1 Å². The van der Waals surface area contributed by atoms with Gasteiger partial charge in [0.1, 0.15) is 17.9 Å². The van der Waals surface area contributed by atoms with Gasteiger partial charge in [-0.05, 0) is 172 Å². The van der Waals surface area contributed by atoms with Gasteiger partial charge in [-0.2, -0.15) is 0 Å². The lowest BCUT2D eigenvalue weighted by molar-refractivity contribution is -0.235. The molecule has 4 bridgehead atoms. The summed E-state index contributed by atoms with van der Waals surface area (Å²) < 4.78 is 6.35. The summed E-state index contributed by atoms with van der Waals surface area (Å²) in [6.45, 7) is 7.11. The van der Waals surface area contributed by atoms with Crippen LogP contribution < -0.4 is 16.8 Å². The number of aliphatic imine (C=N–C) groups is 1. The predicted molar refractivity (Wildman–Crippen MR) is 334 cm³/mol. The number of aliphatic hydroxyl groups is 8. The third-order valence-corrected chi connectivity index (χ3v) is 27.6. The summed E-state index contributed by atoms with van der Waals surface area (Å²) in [7, 11) is 2.94. The molecular weight excluding hydrogens is 1160 g/mol. The number of guanidine groups is 1. The van der Waals surface area contributed by atoms with Gasteiger partial charge in [0, 0.05) is 90.1 Å². The number of hydrogen-bond acceptors (Lipinski definition) is 17. The molecule has 12 rings (SSSR count). The second-order valence-corrected chi connectivity index (χ2v) is 31.8. The molecule has 15 N–H and O–H groups in total. The van der Waals surface area contributed by atoms with Crippen LogP contribution in [0.15, 0.2) is 70.6 Å². The SMILES string of the molecule is CC[C@@H]1OC(=O)[C@H](c2cc[nH]c2)[C@H]1[C@H]1C#CC[C@@H]2C[C@@]3(O)C4=C5N[C@@H](CO)C(=O)C[C@@H](c6ccc(O)cc6)CSSC[C@H]6[C@@H](O)[C@@H](O)C[C@@](C)([C@@H]6C5=O)[C@H]4CC[C@]3(CCN=C(N)N)[C@H]2[C@@](C)(O)[C@@]2(O)CC[C@@]3(C1)[C@H]1C[C@H](C)CCC1=CC[C@H]3[C@H](C(O)O)C2. The van der Waals surface area contributed by atoms with Crippen LogP contribution in [-0.4, -0.2) is 147 Å². The second kappa shape index (κ2) is 23.9. The van der Waals surface area contributed by atoms with Crippen LogP contribution in [0.4, 0.5) is 0 Å². The number of allylic oxidation sites excluding steroid dienone is 3. The molecule has 2 aliphatic heterocycles. The minimum absolute atomic E-state index is 0.0000928. The van der Waals surface area contributed by atoms with E-state index in [1.165, 1.54) is 27.2 Å². The van der Waals surface area contributed by atoms with Gasteiger partial charge in [0.2, 0.25) is 0 Å². The molecule has 20 heteroatoms. The van der Waals surface area contributed by atoms with E-state index in [0.717, 1.165) is 30.4 Å². The normalized spacial score (nSPS) is 45.1. The van der Waals surface area contributed by atoms with E-state index in [0.29, 0.717) is 37.4 Å². The van der Waals surface area contributed by atoms with Crippen LogP contribution in [0.3, 0.4) is 0 Å². The van der Waals surface area contributed by atoms with Crippen LogP contribution in [0.2, 0.25) is 0 Å². The Morgan fingerprint density at radius 3 is 2.41 bits per heavy atom. The molecule has 0 amide bonds. The number of H-pyrrole nitrogens is 1. The van der Waals surface area contributed by atoms with Crippen LogP contribution >= 0.6 is 21.6 Å². The van der Waals surface area contributed by atoms with Crippen molar-refractivity contribution in [3.63, 3.8) is 0 Å². The largest absolute Gasteiger partial charge is 0.508 e. The maximum Gasteiger partial charge on any atom is 0.314 e. The first-order chi connectivity index (χ1) is 41.9. The highest BCUT2D eigenvalue weighted by atomic mass is 33.1. The number of nitrogens with two attached hydrogens (primary N) is 2. The van der Waals surface area contributed by atoms with E-state index < -0.39 is 147 Å². The number of phenolic OH excluding ortho intramolecular Hbond substituents is 1. The van der Waals surface area contributed by atoms with Gasteiger partial charge in [-0.1, -0.05) is 72.1 Å². The van der Waals surface area contributed by atoms with Crippen molar-refractivity contribution in [2.75, 3.05) is 24.7 Å². The standard InChI is InChI=1S/C68H93N5O13S2/c1-5-51-52(53(61(82)86-51)40-18-23-71-31-40)38-7-6-8-39-28-68(85)55-46(63(3)30-50(77)57(78)44-34-88-87-33-41(36-11-14-42(75)15-12-36)26-49(76)48(32-74)73-56(55)58(79)54(44)63)17-19-66(68,22-24-72-62(69)70)59(39)64(4,83)67(84)21-20-65(27-38)45(43(29-67)60(80)81)16-13-37-10-9-35(2)25-47(37)65/h11-15,18,23,31,35,38-39,41,43-48,50-54,57,59-60,71,73-75,77-78,80-81,83-85H,5,8-10,16-17,19-22,24-30,32-34H2,1-4H3,(H4,69,70,72)/t35-,38+,39-,41-,43-,44-,45+,46+,47+,48+,50+,51+,52+,53-,54+,57-,59-,63-,64-,65+,66+,67-,68-/m1/s1. The number of nitrogens with zero attached hydrogens (tertiary/aromatic N) is 1. The Morgan fingerprint density at radius 2 is 1.70 bits per heavy atom. The number of rotatable bonds is 9. The number of ether oxygens (including phenoxy) is 1. The lowest BCUT2D eigenvalue weighted by Gasteiger charge is -2.64. The van der Waals surface area contributed by atoms with E-state index in [9.17, 15) is 50.4 Å².